The molecule has 1 aromatic heterocycles. The van der Waals surface area contributed by atoms with Gasteiger partial charge in [0.1, 0.15) is 11.6 Å². The third-order valence-corrected chi connectivity index (χ3v) is 5.07. The van der Waals surface area contributed by atoms with Gasteiger partial charge in [-0.05, 0) is 31.4 Å². The molecule has 2 aliphatic heterocycles. The summed E-state index contributed by atoms with van der Waals surface area (Å²) in [4.78, 5) is 38.6. The predicted octanol–water partition coefficient (Wildman–Crippen LogP) is 1.30. The van der Waals surface area contributed by atoms with E-state index >= 15 is 0 Å². The van der Waals surface area contributed by atoms with Crippen LogP contribution in [0.2, 0.25) is 0 Å². The van der Waals surface area contributed by atoms with E-state index in [4.69, 9.17) is 10.5 Å². The van der Waals surface area contributed by atoms with Crippen LogP contribution in [-0.2, 0) is 0 Å². The Morgan fingerprint density at radius 3 is 2.48 bits per heavy atom. The Hall–Kier alpha value is -3.29. The molecule has 0 atom stereocenters. The number of amides is 2. The van der Waals surface area contributed by atoms with Crippen molar-refractivity contribution in [1.29, 1.82) is 0 Å². The van der Waals surface area contributed by atoms with Crippen molar-refractivity contribution in [1.82, 2.24) is 9.88 Å². The van der Waals surface area contributed by atoms with Gasteiger partial charge in [0, 0.05) is 25.2 Å². The highest BCUT2D eigenvalue weighted by atomic mass is 16.5. The van der Waals surface area contributed by atoms with Crippen LogP contribution in [0, 0.1) is 0 Å². The number of nitrogens with two attached hydrogens (primary N) is 1. The average Bonchev–Trinajstić information content (AvgIpc) is 2.96. The highest BCUT2D eigenvalue weighted by Gasteiger charge is 2.32. The van der Waals surface area contributed by atoms with Gasteiger partial charge in [-0.25, -0.2) is 0 Å². The molecule has 3 heterocycles. The number of nitrogens with zero attached hydrogens (tertiary/aromatic N) is 2. The minimum absolute atomic E-state index is 0.00986. The van der Waals surface area contributed by atoms with Gasteiger partial charge in [-0.2, -0.15) is 0 Å². The van der Waals surface area contributed by atoms with Gasteiger partial charge in [0.2, 0.25) is 0 Å². The summed E-state index contributed by atoms with van der Waals surface area (Å²) in [7, 11) is 1.58. The molecule has 3 N–H and O–H groups in total. The van der Waals surface area contributed by atoms with Crippen molar-refractivity contribution in [3.8, 4) is 11.4 Å². The molecule has 0 unspecified atom stereocenters. The highest BCUT2D eigenvalue weighted by molar-refractivity contribution is 6.23. The summed E-state index contributed by atoms with van der Waals surface area (Å²) in [5.74, 6) is -0.641. The Balaban J connectivity index is 1.83. The van der Waals surface area contributed by atoms with E-state index in [1.807, 2.05) is 6.07 Å². The maximum Gasteiger partial charge on any atom is 0.262 e. The molecule has 140 valence electrons. The third kappa shape index (κ3) is 2.73. The van der Waals surface area contributed by atoms with Gasteiger partial charge in [-0.15, -0.1) is 0 Å². The number of nitrogen functional groups attached to an aromatic ring is 1. The number of carbonyl (C=O) groups is 2. The van der Waals surface area contributed by atoms with Gasteiger partial charge in [0.15, 0.2) is 0 Å². The second-order valence-corrected chi connectivity index (χ2v) is 6.68. The molecule has 2 amide bonds. The van der Waals surface area contributed by atoms with Crippen molar-refractivity contribution in [3.63, 3.8) is 0 Å². The fourth-order valence-corrected chi connectivity index (χ4v) is 3.75. The first-order chi connectivity index (χ1) is 13.0. The molecule has 8 nitrogen and oxygen atoms in total. The molecule has 0 radical (unpaired) electrons. The van der Waals surface area contributed by atoms with E-state index in [0.717, 1.165) is 37.7 Å². The molecule has 1 saturated heterocycles. The number of anilines is 2. The molecular weight excluding hydrogens is 348 g/mol. The van der Waals surface area contributed by atoms with Crippen LogP contribution in [-0.4, -0.2) is 36.6 Å². The number of pyridine rings is 1. The fourth-order valence-electron chi connectivity index (χ4n) is 3.75. The zero-order valence-corrected chi connectivity index (χ0v) is 14.9. The number of imide groups is 1. The molecule has 2 aromatic rings. The molecular formula is C19H20N4O4. The van der Waals surface area contributed by atoms with Crippen LogP contribution in [0.1, 0.15) is 40.0 Å². The average molecular weight is 368 g/mol. The molecule has 1 fully saturated rings. The van der Waals surface area contributed by atoms with E-state index in [0.29, 0.717) is 11.4 Å². The summed E-state index contributed by atoms with van der Waals surface area (Å²) >= 11 is 0. The van der Waals surface area contributed by atoms with E-state index in [1.54, 1.807) is 19.2 Å². The Morgan fingerprint density at radius 2 is 1.78 bits per heavy atom. The summed E-state index contributed by atoms with van der Waals surface area (Å²) in [5, 5.41) is 2.16. The van der Waals surface area contributed by atoms with Crippen molar-refractivity contribution in [2.45, 2.75) is 19.3 Å². The van der Waals surface area contributed by atoms with Crippen molar-refractivity contribution >= 4 is 23.3 Å². The lowest BCUT2D eigenvalue weighted by Crippen LogP contribution is -2.30. The van der Waals surface area contributed by atoms with Crippen molar-refractivity contribution < 1.29 is 14.3 Å². The standard InChI is InChI=1S/C19H20N4O4/c1-27-14-9-11(5-6-13(14)22-7-3-2-4-8-22)23-15(24)10-12-16(17(23)20)19(26)21-18(12)25/h5-6,9-10H,2-4,7-8,20H2,1H3,(H,21,25,26). The minimum Gasteiger partial charge on any atom is -0.495 e. The monoisotopic (exact) mass is 368 g/mol. The normalized spacial score (nSPS) is 16.3. The van der Waals surface area contributed by atoms with Crippen LogP contribution in [0.15, 0.2) is 29.1 Å². The summed E-state index contributed by atoms with van der Waals surface area (Å²) < 4.78 is 6.76. The SMILES string of the molecule is COc1cc(-n2c(N)c3c(cc2=O)C(=O)NC3=O)ccc1N1CCCCC1. The molecule has 1 aromatic carbocycles. The summed E-state index contributed by atoms with van der Waals surface area (Å²) in [6, 6.07) is 6.52. The highest BCUT2D eigenvalue weighted by Crippen LogP contribution is 2.33. The zero-order chi connectivity index (χ0) is 19.1. The molecule has 4 rings (SSSR count). The number of hydrogen-bond acceptors (Lipinski definition) is 6. The number of rotatable bonds is 3. The first-order valence-electron chi connectivity index (χ1n) is 8.86. The maximum atomic E-state index is 12.6. The first-order valence-corrected chi connectivity index (χ1v) is 8.86. The van der Waals surface area contributed by atoms with Gasteiger partial charge in [-0.1, -0.05) is 0 Å². The number of ether oxygens (including phenoxy) is 1. The maximum absolute atomic E-state index is 12.6. The molecule has 8 heteroatoms. The number of fused-ring (bicyclic) bond motifs is 1. The zero-order valence-electron chi connectivity index (χ0n) is 14.9. The number of benzene rings is 1. The smallest absolute Gasteiger partial charge is 0.262 e. The van der Waals surface area contributed by atoms with E-state index in [1.165, 1.54) is 11.0 Å². The summed E-state index contributed by atoms with van der Waals surface area (Å²) in [6.07, 6.45) is 3.48. The largest absolute Gasteiger partial charge is 0.495 e. The molecule has 2 aliphatic rings. The molecule has 0 saturated carbocycles. The number of carbonyl (C=O) groups excluding carboxylic acids is 2. The van der Waals surface area contributed by atoms with Crippen molar-refractivity contribution in [2.75, 3.05) is 30.8 Å². The molecule has 0 spiro atoms. The second-order valence-electron chi connectivity index (χ2n) is 6.68. The number of nitrogens with one attached hydrogen (secondary N) is 1. The second kappa shape index (κ2) is 6.46. The Bertz CT molecular complexity index is 1010. The first kappa shape index (κ1) is 17.1. The number of aromatic nitrogens is 1. The Labute approximate surface area is 155 Å². The lowest BCUT2D eigenvalue weighted by atomic mass is 10.1. The lowest BCUT2D eigenvalue weighted by molar-refractivity contribution is 0.0880. The predicted molar refractivity (Wildman–Crippen MR) is 101 cm³/mol. The van der Waals surface area contributed by atoms with Crippen LogP contribution < -0.4 is 26.2 Å². The van der Waals surface area contributed by atoms with Crippen LogP contribution in [0.4, 0.5) is 11.5 Å². The van der Waals surface area contributed by atoms with Gasteiger partial charge >= 0.3 is 0 Å². The van der Waals surface area contributed by atoms with Crippen molar-refractivity contribution in [3.05, 3.63) is 45.7 Å². The topological polar surface area (TPSA) is 107 Å². The molecule has 0 bridgehead atoms. The van der Waals surface area contributed by atoms with Crippen LogP contribution >= 0.6 is 0 Å². The van der Waals surface area contributed by atoms with Crippen LogP contribution in [0.3, 0.4) is 0 Å². The van der Waals surface area contributed by atoms with Gasteiger partial charge < -0.3 is 15.4 Å². The van der Waals surface area contributed by atoms with Gasteiger partial charge in [0.25, 0.3) is 17.4 Å². The summed E-state index contributed by atoms with van der Waals surface area (Å²) in [5.41, 5.74) is 7.08. The van der Waals surface area contributed by atoms with Gasteiger partial charge in [0.05, 0.1) is 29.6 Å². The van der Waals surface area contributed by atoms with Crippen LogP contribution in [0.25, 0.3) is 5.69 Å². The Morgan fingerprint density at radius 1 is 1.04 bits per heavy atom. The molecule has 0 aliphatic carbocycles. The van der Waals surface area contributed by atoms with E-state index < -0.39 is 17.4 Å². The van der Waals surface area contributed by atoms with Crippen molar-refractivity contribution in [2.24, 2.45) is 0 Å². The van der Waals surface area contributed by atoms with E-state index in [-0.39, 0.29) is 16.9 Å². The quantitative estimate of drug-likeness (QED) is 0.791. The number of methoxy groups -OCH3 is 1. The fraction of sp³-hybridized carbons (Fsp3) is 0.316. The minimum atomic E-state index is -0.607. The Kier molecular flexibility index (Phi) is 4.10. The third-order valence-electron chi connectivity index (χ3n) is 5.07. The van der Waals surface area contributed by atoms with Gasteiger partial charge in [-0.3, -0.25) is 24.3 Å². The van der Waals surface area contributed by atoms with E-state index in [9.17, 15) is 14.4 Å². The number of hydrogen-bond donors (Lipinski definition) is 2. The number of piperidine rings is 1. The van der Waals surface area contributed by atoms with Crippen LogP contribution in [0.5, 0.6) is 5.75 Å². The lowest BCUT2D eigenvalue weighted by Gasteiger charge is -2.30. The van der Waals surface area contributed by atoms with E-state index in [2.05, 4.69) is 10.2 Å². The molecule has 27 heavy (non-hydrogen) atoms. The summed E-state index contributed by atoms with van der Waals surface area (Å²) in [6.45, 7) is 1.91.